The number of nitrogens with zero attached hydrogens (tertiary/aromatic N) is 1. The molecule has 1 fully saturated rings. The molecule has 0 bridgehead atoms. The third-order valence-electron chi connectivity index (χ3n) is 6.24. The van der Waals surface area contributed by atoms with Crippen molar-refractivity contribution in [1.29, 1.82) is 0 Å². The van der Waals surface area contributed by atoms with Gasteiger partial charge in [-0.15, -0.1) is 0 Å². The molecule has 0 radical (unpaired) electrons. The van der Waals surface area contributed by atoms with Gasteiger partial charge in [-0.25, -0.2) is 14.6 Å². The highest BCUT2D eigenvalue weighted by atomic mass is 16.5. The van der Waals surface area contributed by atoms with Crippen LogP contribution in [0.15, 0.2) is 59.3 Å². The zero-order chi connectivity index (χ0) is 24.4. The summed E-state index contributed by atoms with van der Waals surface area (Å²) >= 11 is 0. The Morgan fingerprint density at radius 3 is 2.43 bits per heavy atom. The lowest BCUT2D eigenvalue weighted by molar-refractivity contribution is -0.148. The Kier molecular flexibility index (Phi) is 6.19. The van der Waals surface area contributed by atoms with Crippen LogP contribution in [-0.2, 0) is 20.8 Å². The number of aromatic nitrogens is 1. The molecule has 2 amide bonds. The number of rotatable bonds is 7. The first-order valence-corrected chi connectivity index (χ1v) is 11.2. The maximum absolute atomic E-state index is 12.6. The van der Waals surface area contributed by atoms with Crippen LogP contribution in [-0.4, -0.2) is 53.4 Å². The third kappa shape index (κ3) is 4.47. The summed E-state index contributed by atoms with van der Waals surface area (Å²) in [6.07, 6.45) is -0.324. The molecular weight excluding hydrogens is 454 g/mol. The predicted octanol–water partition coefficient (Wildman–Crippen LogP) is 2.69. The van der Waals surface area contributed by atoms with E-state index >= 15 is 0 Å². The van der Waals surface area contributed by atoms with Gasteiger partial charge in [-0.1, -0.05) is 48.5 Å². The molecule has 10 heteroatoms. The van der Waals surface area contributed by atoms with Crippen LogP contribution in [0.3, 0.4) is 0 Å². The first-order chi connectivity index (χ1) is 17.0. The molecule has 1 aromatic heterocycles. The summed E-state index contributed by atoms with van der Waals surface area (Å²) in [5, 5.41) is 14.4. The van der Waals surface area contributed by atoms with Gasteiger partial charge in [0.05, 0.1) is 12.6 Å². The SMILES string of the molecule is O=C(NCc1ocnc1C(=O)N[C@H]1CCO[C@H]1C(=O)O)OCC1c2ccccc2-c2ccccc21. The number of oxazole rings is 1. The fourth-order valence-corrected chi connectivity index (χ4v) is 4.60. The fourth-order valence-electron chi connectivity index (χ4n) is 4.60. The average molecular weight is 477 g/mol. The monoisotopic (exact) mass is 477 g/mol. The molecule has 3 N–H and O–H groups in total. The summed E-state index contributed by atoms with van der Waals surface area (Å²) in [7, 11) is 0. The number of carbonyl (C=O) groups excluding carboxylic acids is 2. The van der Waals surface area contributed by atoms with Gasteiger partial charge in [-0.3, -0.25) is 4.79 Å². The zero-order valence-corrected chi connectivity index (χ0v) is 18.6. The smallest absolute Gasteiger partial charge is 0.407 e. The number of nitrogens with one attached hydrogen (secondary N) is 2. The van der Waals surface area contributed by atoms with Crippen molar-refractivity contribution in [2.75, 3.05) is 13.2 Å². The van der Waals surface area contributed by atoms with Gasteiger partial charge < -0.3 is 29.6 Å². The Morgan fingerprint density at radius 2 is 1.74 bits per heavy atom. The minimum atomic E-state index is -1.15. The Bertz CT molecular complexity index is 1230. The zero-order valence-electron chi connectivity index (χ0n) is 18.6. The summed E-state index contributed by atoms with van der Waals surface area (Å²) in [6.45, 7) is 0.266. The van der Waals surface area contributed by atoms with Crippen LogP contribution >= 0.6 is 0 Å². The lowest BCUT2D eigenvalue weighted by Gasteiger charge is -2.16. The van der Waals surface area contributed by atoms with Crippen molar-refractivity contribution < 1.29 is 33.4 Å². The van der Waals surface area contributed by atoms with Crippen molar-refractivity contribution in [3.63, 3.8) is 0 Å². The largest absolute Gasteiger partial charge is 0.479 e. The van der Waals surface area contributed by atoms with E-state index in [1.165, 1.54) is 0 Å². The second-order valence-corrected chi connectivity index (χ2v) is 8.30. The summed E-state index contributed by atoms with van der Waals surface area (Å²) in [4.78, 5) is 40.2. The lowest BCUT2D eigenvalue weighted by Crippen LogP contribution is -2.44. The molecule has 10 nitrogen and oxygen atoms in total. The minimum Gasteiger partial charge on any atom is -0.479 e. The van der Waals surface area contributed by atoms with Gasteiger partial charge in [-0.05, 0) is 28.7 Å². The molecule has 2 atom stereocenters. The number of ether oxygens (including phenoxy) is 2. The quantitative estimate of drug-likeness (QED) is 0.472. The lowest BCUT2D eigenvalue weighted by atomic mass is 9.98. The van der Waals surface area contributed by atoms with Gasteiger partial charge in [0, 0.05) is 12.5 Å². The molecule has 5 rings (SSSR count). The number of carboxylic acid groups (broad SMARTS) is 1. The molecule has 0 saturated carbocycles. The number of fused-ring (bicyclic) bond motifs is 3. The van der Waals surface area contributed by atoms with E-state index in [1.54, 1.807) is 0 Å². The highest BCUT2D eigenvalue weighted by molar-refractivity contribution is 5.94. The highest BCUT2D eigenvalue weighted by Crippen LogP contribution is 2.44. The maximum Gasteiger partial charge on any atom is 0.407 e. The van der Waals surface area contributed by atoms with Crippen molar-refractivity contribution in [2.45, 2.75) is 31.0 Å². The van der Waals surface area contributed by atoms with Gasteiger partial charge in [-0.2, -0.15) is 0 Å². The first kappa shape index (κ1) is 22.6. The second-order valence-electron chi connectivity index (χ2n) is 8.30. The summed E-state index contributed by atoms with van der Waals surface area (Å²) in [5.41, 5.74) is 4.43. The fraction of sp³-hybridized carbons (Fsp3) is 0.280. The van der Waals surface area contributed by atoms with Crippen LogP contribution in [0, 0.1) is 0 Å². The van der Waals surface area contributed by atoms with Crippen molar-refractivity contribution in [1.82, 2.24) is 15.6 Å². The molecule has 2 aliphatic rings. The standard InChI is InChI=1S/C25H23N3O7/c29-23(28-19-9-10-33-22(19)24(30)31)21-20(35-13-27-21)11-26-25(32)34-12-18-16-7-3-1-5-14(16)15-6-2-4-8-17(15)18/h1-8,13,18-19,22H,9-12H2,(H,26,32)(H,28,29)(H,30,31)/t19-,22+/m0/s1. The molecule has 3 aromatic rings. The molecule has 180 valence electrons. The van der Waals surface area contributed by atoms with Gasteiger partial charge in [0.2, 0.25) is 0 Å². The molecule has 0 spiro atoms. The van der Waals surface area contributed by atoms with Gasteiger partial charge >= 0.3 is 12.1 Å². The normalized spacial score (nSPS) is 18.5. The van der Waals surface area contributed by atoms with Gasteiger partial charge in [0.15, 0.2) is 24.0 Å². The summed E-state index contributed by atoms with van der Waals surface area (Å²) in [5.74, 6) is -1.70. The maximum atomic E-state index is 12.6. The van der Waals surface area contributed by atoms with Crippen LogP contribution in [0.5, 0.6) is 0 Å². The molecule has 1 aliphatic carbocycles. The van der Waals surface area contributed by atoms with Crippen LogP contribution in [0.1, 0.15) is 39.7 Å². The van der Waals surface area contributed by atoms with Crippen LogP contribution < -0.4 is 10.6 Å². The van der Waals surface area contributed by atoms with E-state index in [9.17, 15) is 19.5 Å². The van der Waals surface area contributed by atoms with E-state index in [0.29, 0.717) is 6.42 Å². The molecule has 0 unspecified atom stereocenters. The number of carbonyl (C=O) groups is 3. The number of carboxylic acids is 1. The Morgan fingerprint density at radius 1 is 1.06 bits per heavy atom. The highest BCUT2D eigenvalue weighted by Gasteiger charge is 2.36. The Hall–Kier alpha value is -4.18. The minimum absolute atomic E-state index is 0.0417. The molecule has 1 aliphatic heterocycles. The number of amides is 2. The van der Waals surface area contributed by atoms with E-state index < -0.39 is 30.1 Å². The number of aliphatic carboxylic acids is 1. The van der Waals surface area contributed by atoms with E-state index in [0.717, 1.165) is 28.6 Å². The van der Waals surface area contributed by atoms with E-state index in [-0.39, 0.29) is 37.1 Å². The number of alkyl carbamates (subject to hydrolysis) is 1. The van der Waals surface area contributed by atoms with Crippen LogP contribution in [0.25, 0.3) is 11.1 Å². The van der Waals surface area contributed by atoms with Crippen molar-refractivity contribution in [3.8, 4) is 11.1 Å². The molecule has 2 heterocycles. The summed E-state index contributed by atoms with van der Waals surface area (Å²) < 4.78 is 15.9. The molecule has 35 heavy (non-hydrogen) atoms. The Labute approximate surface area is 200 Å². The third-order valence-corrected chi connectivity index (χ3v) is 6.24. The van der Waals surface area contributed by atoms with E-state index in [1.807, 2.05) is 36.4 Å². The van der Waals surface area contributed by atoms with E-state index in [2.05, 4.69) is 27.8 Å². The Balaban J connectivity index is 1.18. The van der Waals surface area contributed by atoms with Gasteiger partial charge in [0.1, 0.15) is 6.61 Å². The predicted molar refractivity (Wildman–Crippen MR) is 122 cm³/mol. The van der Waals surface area contributed by atoms with Crippen LogP contribution in [0.2, 0.25) is 0 Å². The molecular formula is C25H23N3O7. The summed E-state index contributed by atoms with van der Waals surface area (Å²) in [6, 6.07) is 15.4. The second kappa shape index (κ2) is 9.59. The number of benzene rings is 2. The van der Waals surface area contributed by atoms with Crippen LogP contribution in [0.4, 0.5) is 4.79 Å². The van der Waals surface area contributed by atoms with Gasteiger partial charge in [0.25, 0.3) is 5.91 Å². The molecule has 2 aromatic carbocycles. The van der Waals surface area contributed by atoms with E-state index in [4.69, 9.17) is 13.9 Å². The average Bonchev–Trinajstić information content (AvgIpc) is 3.59. The number of hydrogen-bond donors (Lipinski definition) is 3. The van der Waals surface area contributed by atoms with Crippen molar-refractivity contribution in [3.05, 3.63) is 77.5 Å². The topological polar surface area (TPSA) is 140 Å². The molecule has 1 saturated heterocycles. The van der Waals surface area contributed by atoms with Crippen molar-refractivity contribution >= 4 is 18.0 Å². The van der Waals surface area contributed by atoms with Crippen molar-refractivity contribution in [2.24, 2.45) is 0 Å². The first-order valence-electron chi connectivity index (χ1n) is 11.2. The number of hydrogen-bond acceptors (Lipinski definition) is 7.